The molecular weight excluding hydrogens is 421 g/mol. The number of ether oxygens (including phenoxy) is 1. The zero-order valence-electron chi connectivity index (χ0n) is 18.8. The summed E-state index contributed by atoms with van der Waals surface area (Å²) in [5, 5.41) is 5.64. The van der Waals surface area contributed by atoms with E-state index < -0.39 is 7.60 Å². The summed E-state index contributed by atoms with van der Waals surface area (Å²) in [6, 6.07) is 21.0. The van der Waals surface area contributed by atoms with E-state index in [1.54, 1.807) is 7.11 Å². The molecule has 3 aromatic rings. The standard InChI is InChI=1S/C26H34NO4P/c1-31-26-15-9-6-12-22(26)11-5-3-2-4-10-21-16-17-23(20-27-18-19-32(28,29)30)25-14-8-7-13-24(21)25/h6-9,12-17,27H,2-5,10-11,18-20H2,1H3,(H2,28,29,30). The maximum absolute atomic E-state index is 11.0. The van der Waals surface area contributed by atoms with Crippen molar-refractivity contribution in [3.63, 3.8) is 0 Å². The van der Waals surface area contributed by atoms with Crippen LogP contribution in [-0.4, -0.2) is 29.6 Å². The number of nitrogens with one attached hydrogen (secondary N) is 1. The molecule has 0 spiro atoms. The first-order chi connectivity index (χ1) is 15.5. The molecule has 0 aliphatic heterocycles. The van der Waals surface area contributed by atoms with Gasteiger partial charge in [0.05, 0.1) is 13.3 Å². The second-order valence-corrected chi connectivity index (χ2v) is 10.00. The Hall–Kier alpha value is -2.17. The average Bonchev–Trinajstić information content (AvgIpc) is 2.79. The smallest absolute Gasteiger partial charge is 0.326 e. The molecule has 0 bridgehead atoms. The van der Waals surface area contributed by atoms with Crippen LogP contribution in [0.1, 0.15) is 42.4 Å². The van der Waals surface area contributed by atoms with Gasteiger partial charge in [-0.05, 0) is 59.2 Å². The number of para-hydroxylation sites is 1. The Labute approximate surface area is 191 Å². The van der Waals surface area contributed by atoms with E-state index in [1.165, 1.54) is 41.2 Å². The lowest BCUT2D eigenvalue weighted by Crippen LogP contribution is -2.18. The van der Waals surface area contributed by atoms with Gasteiger partial charge in [0.2, 0.25) is 0 Å². The summed E-state index contributed by atoms with van der Waals surface area (Å²) in [6.07, 6.45) is 6.71. The van der Waals surface area contributed by atoms with Crippen molar-refractivity contribution in [1.29, 1.82) is 0 Å². The van der Waals surface area contributed by atoms with E-state index in [2.05, 4.69) is 47.8 Å². The second-order valence-electron chi connectivity index (χ2n) is 8.22. The Morgan fingerprint density at radius 3 is 2.06 bits per heavy atom. The minimum Gasteiger partial charge on any atom is -0.496 e. The fourth-order valence-electron chi connectivity index (χ4n) is 4.14. The topological polar surface area (TPSA) is 78.8 Å². The highest BCUT2D eigenvalue weighted by Crippen LogP contribution is 2.33. The Kier molecular flexibility index (Phi) is 9.31. The number of fused-ring (bicyclic) bond motifs is 1. The maximum Gasteiger partial charge on any atom is 0.326 e. The van der Waals surface area contributed by atoms with Crippen LogP contribution in [0, 0.1) is 0 Å². The third-order valence-corrected chi connectivity index (χ3v) is 6.64. The largest absolute Gasteiger partial charge is 0.496 e. The highest BCUT2D eigenvalue weighted by atomic mass is 31.2. The van der Waals surface area contributed by atoms with Crippen LogP contribution in [0.4, 0.5) is 0 Å². The number of unbranched alkanes of at least 4 members (excludes halogenated alkanes) is 3. The van der Waals surface area contributed by atoms with Crippen molar-refractivity contribution in [3.05, 3.63) is 77.4 Å². The van der Waals surface area contributed by atoms with Crippen LogP contribution in [0.15, 0.2) is 60.7 Å². The molecule has 0 heterocycles. The number of methoxy groups -OCH3 is 1. The number of hydrogen-bond donors (Lipinski definition) is 3. The van der Waals surface area contributed by atoms with Gasteiger partial charge in [0.1, 0.15) is 5.75 Å². The molecule has 0 atom stereocenters. The number of hydrogen-bond acceptors (Lipinski definition) is 3. The maximum atomic E-state index is 11.0. The summed E-state index contributed by atoms with van der Waals surface area (Å²) in [4.78, 5) is 18.0. The van der Waals surface area contributed by atoms with Crippen molar-refractivity contribution in [2.45, 2.75) is 45.1 Å². The van der Waals surface area contributed by atoms with Gasteiger partial charge in [0, 0.05) is 13.1 Å². The van der Waals surface area contributed by atoms with Crippen LogP contribution in [0.3, 0.4) is 0 Å². The quantitative estimate of drug-likeness (QED) is 0.236. The molecule has 5 nitrogen and oxygen atoms in total. The summed E-state index contributed by atoms with van der Waals surface area (Å²) < 4.78 is 16.5. The van der Waals surface area contributed by atoms with Gasteiger partial charge in [0.15, 0.2) is 0 Å². The third-order valence-electron chi connectivity index (χ3n) is 5.83. The second kappa shape index (κ2) is 12.2. The van der Waals surface area contributed by atoms with E-state index in [1.807, 2.05) is 18.2 Å². The summed E-state index contributed by atoms with van der Waals surface area (Å²) in [7, 11) is -2.23. The average molecular weight is 456 g/mol. The van der Waals surface area contributed by atoms with E-state index in [4.69, 9.17) is 14.5 Å². The van der Waals surface area contributed by atoms with E-state index in [0.29, 0.717) is 13.1 Å². The summed E-state index contributed by atoms with van der Waals surface area (Å²) in [5.41, 5.74) is 3.81. The first kappa shape index (κ1) is 24.5. The first-order valence-corrected chi connectivity index (χ1v) is 13.1. The summed E-state index contributed by atoms with van der Waals surface area (Å²) in [6.45, 7) is 0.902. The minimum absolute atomic E-state index is 0.139. The fourth-order valence-corrected chi connectivity index (χ4v) is 4.59. The van der Waals surface area contributed by atoms with Crippen molar-refractivity contribution in [1.82, 2.24) is 5.32 Å². The predicted octanol–water partition coefficient (Wildman–Crippen LogP) is 5.46. The predicted molar refractivity (Wildman–Crippen MR) is 131 cm³/mol. The minimum atomic E-state index is -3.95. The SMILES string of the molecule is COc1ccccc1CCCCCCc1ccc(CNCCP(=O)(O)O)c2ccccc12. The van der Waals surface area contributed by atoms with Gasteiger partial charge in [-0.1, -0.05) is 67.4 Å². The van der Waals surface area contributed by atoms with E-state index in [9.17, 15) is 4.57 Å². The van der Waals surface area contributed by atoms with Crippen molar-refractivity contribution < 1.29 is 19.1 Å². The van der Waals surface area contributed by atoms with Crippen LogP contribution < -0.4 is 10.1 Å². The van der Waals surface area contributed by atoms with E-state index >= 15 is 0 Å². The molecule has 0 unspecified atom stereocenters. The van der Waals surface area contributed by atoms with Crippen molar-refractivity contribution in [2.75, 3.05) is 19.8 Å². The Bertz CT molecular complexity index is 1050. The Morgan fingerprint density at radius 1 is 0.781 bits per heavy atom. The molecule has 0 fully saturated rings. The van der Waals surface area contributed by atoms with Gasteiger partial charge in [-0.25, -0.2) is 0 Å². The molecule has 6 heteroatoms. The molecule has 0 amide bonds. The van der Waals surface area contributed by atoms with Crippen LogP contribution in [-0.2, 0) is 24.0 Å². The van der Waals surface area contributed by atoms with Gasteiger partial charge < -0.3 is 19.8 Å². The van der Waals surface area contributed by atoms with Gasteiger partial charge in [0.25, 0.3) is 0 Å². The zero-order chi connectivity index (χ0) is 22.8. The molecule has 172 valence electrons. The van der Waals surface area contributed by atoms with E-state index in [0.717, 1.165) is 30.6 Å². The molecule has 0 aliphatic carbocycles. The van der Waals surface area contributed by atoms with Crippen LogP contribution in [0.5, 0.6) is 5.75 Å². The highest BCUT2D eigenvalue weighted by molar-refractivity contribution is 7.51. The van der Waals surface area contributed by atoms with Gasteiger partial charge in [-0.3, -0.25) is 4.57 Å². The molecule has 3 N–H and O–H groups in total. The molecule has 3 rings (SSSR count). The molecule has 0 aromatic heterocycles. The number of benzene rings is 3. The van der Waals surface area contributed by atoms with Crippen molar-refractivity contribution in [3.8, 4) is 5.75 Å². The zero-order valence-corrected chi connectivity index (χ0v) is 19.7. The summed E-state index contributed by atoms with van der Waals surface area (Å²) in [5.74, 6) is 0.982. The van der Waals surface area contributed by atoms with Crippen LogP contribution in [0.25, 0.3) is 10.8 Å². The molecule has 3 aromatic carbocycles. The first-order valence-electron chi connectivity index (χ1n) is 11.3. The normalized spacial score (nSPS) is 11.7. The van der Waals surface area contributed by atoms with Gasteiger partial charge in [-0.15, -0.1) is 0 Å². The molecule has 0 aliphatic rings. The molecule has 0 saturated heterocycles. The van der Waals surface area contributed by atoms with Crippen molar-refractivity contribution >= 4 is 18.4 Å². The Balaban J connectivity index is 1.49. The molecule has 0 saturated carbocycles. The van der Waals surface area contributed by atoms with E-state index in [-0.39, 0.29) is 6.16 Å². The monoisotopic (exact) mass is 455 g/mol. The van der Waals surface area contributed by atoms with Crippen molar-refractivity contribution in [2.24, 2.45) is 0 Å². The lowest BCUT2D eigenvalue weighted by molar-refractivity contribution is 0.372. The lowest BCUT2D eigenvalue weighted by atomic mass is 9.95. The fraction of sp³-hybridized carbons (Fsp3) is 0.385. The highest BCUT2D eigenvalue weighted by Gasteiger charge is 2.12. The van der Waals surface area contributed by atoms with Gasteiger partial charge >= 0.3 is 7.60 Å². The van der Waals surface area contributed by atoms with Gasteiger partial charge in [-0.2, -0.15) is 0 Å². The number of rotatable bonds is 13. The molecular formula is C26H34NO4P. The third kappa shape index (κ3) is 7.46. The Morgan fingerprint density at radius 2 is 1.38 bits per heavy atom. The summed E-state index contributed by atoms with van der Waals surface area (Å²) >= 11 is 0. The molecule has 32 heavy (non-hydrogen) atoms. The van der Waals surface area contributed by atoms with Crippen LogP contribution in [0.2, 0.25) is 0 Å². The number of aryl methyl sites for hydroxylation is 2. The molecule has 0 radical (unpaired) electrons. The lowest BCUT2D eigenvalue weighted by Gasteiger charge is -2.13. The van der Waals surface area contributed by atoms with Crippen LogP contribution >= 0.6 is 7.60 Å².